The molecular weight excluding hydrogens is 985 g/mol. The second-order valence-electron chi connectivity index (χ2n) is 21.6. The van der Waals surface area contributed by atoms with Crippen LogP contribution in [0.15, 0.2) is 134 Å². The second-order valence-corrected chi connectivity index (χ2v) is 21.6. The Kier molecular flexibility index (Phi) is 63.3. The van der Waals surface area contributed by atoms with E-state index in [9.17, 15) is 14.4 Å². The fourth-order valence-corrected chi connectivity index (χ4v) is 9.00. The summed E-state index contributed by atoms with van der Waals surface area (Å²) in [6.07, 6.45) is 95.0. The second kappa shape index (κ2) is 67.1. The van der Waals surface area contributed by atoms with Crippen LogP contribution in [-0.2, 0) is 28.6 Å². The van der Waals surface area contributed by atoms with Crippen molar-refractivity contribution in [2.75, 3.05) is 13.2 Å². The molecule has 0 bridgehead atoms. The molecule has 1 unspecified atom stereocenters. The van der Waals surface area contributed by atoms with Crippen LogP contribution in [-0.4, -0.2) is 37.2 Å². The van der Waals surface area contributed by atoms with Gasteiger partial charge in [0, 0.05) is 19.3 Å². The lowest BCUT2D eigenvalue weighted by atomic mass is 10.0. The molecule has 0 aliphatic rings. The summed E-state index contributed by atoms with van der Waals surface area (Å²) in [6, 6.07) is 0. The Bertz CT molecular complexity index is 1700. The summed E-state index contributed by atoms with van der Waals surface area (Å²) in [5, 5.41) is 0. The summed E-state index contributed by atoms with van der Waals surface area (Å²) in [4.78, 5) is 38.1. The minimum absolute atomic E-state index is 0.0837. The van der Waals surface area contributed by atoms with Gasteiger partial charge in [-0.15, -0.1) is 0 Å². The summed E-state index contributed by atoms with van der Waals surface area (Å²) in [7, 11) is 0. The van der Waals surface area contributed by atoms with Crippen molar-refractivity contribution in [1.29, 1.82) is 0 Å². The van der Waals surface area contributed by atoms with Gasteiger partial charge in [0.1, 0.15) is 13.2 Å². The molecular formula is C74H122O6. The zero-order chi connectivity index (χ0) is 57.8. The third-order valence-electron chi connectivity index (χ3n) is 13.9. The Balaban J connectivity index is 4.08. The van der Waals surface area contributed by atoms with Crippen LogP contribution in [0.2, 0.25) is 0 Å². The van der Waals surface area contributed by atoms with Crippen LogP contribution >= 0.6 is 0 Å². The molecule has 0 amide bonds. The molecule has 6 heteroatoms. The molecule has 0 fully saturated rings. The Hall–Kier alpha value is -4.45. The highest BCUT2D eigenvalue weighted by atomic mass is 16.6. The van der Waals surface area contributed by atoms with Crippen molar-refractivity contribution in [3.63, 3.8) is 0 Å². The number of unbranched alkanes of at least 4 members (excludes halogenated alkanes) is 26. The summed E-state index contributed by atoms with van der Waals surface area (Å²) in [5.74, 6) is -0.901. The molecule has 1 atom stereocenters. The van der Waals surface area contributed by atoms with Gasteiger partial charge in [-0.3, -0.25) is 14.4 Å². The van der Waals surface area contributed by atoms with Crippen molar-refractivity contribution in [3.05, 3.63) is 134 Å². The Morgan fingerprint density at radius 3 is 0.762 bits per heavy atom. The van der Waals surface area contributed by atoms with Crippen LogP contribution in [0.5, 0.6) is 0 Å². The first-order valence-electron chi connectivity index (χ1n) is 33.2. The molecule has 0 aromatic heterocycles. The lowest BCUT2D eigenvalue weighted by Gasteiger charge is -2.18. The molecule has 0 radical (unpaired) electrons. The fraction of sp³-hybridized carbons (Fsp3) is 0.662. The summed E-state index contributed by atoms with van der Waals surface area (Å²) in [6.45, 7) is 6.35. The first-order valence-corrected chi connectivity index (χ1v) is 33.2. The van der Waals surface area contributed by atoms with Gasteiger partial charge in [-0.1, -0.05) is 296 Å². The highest BCUT2D eigenvalue weighted by molar-refractivity contribution is 5.71. The molecule has 454 valence electrons. The molecule has 0 N–H and O–H groups in total. The Morgan fingerprint density at radius 1 is 0.263 bits per heavy atom. The summed E-state index contributed by atoms with van der Waals surface area (Å²) < 4.78 is 16.8. The van der Waals surface area contributed by atoms with Crippen LogP contribution < -0.4 is 0 Å². The van der Waals surface area contributed by atoms with Gasteiger partial charge in [-0.05, 0) is 116 Å². The molecule has 0 spiro atoms. The number of esters is 3. The van der Waals surface area contributed by atoms with Crippen LogP contribution in [0.4, 0.5) is 0 Å². The average molecular weight is 1110 g/mol. The largest absolute Gasteiger partial charge is 0.462 e. The maximum Gasteiger partial charge on any atom is 0.306 e. The maximum atomic E-state index is 12.9. The predicted octanol–water partition coefficient (Wildman–Crippen LogP) is 22.9. The number of hydrogen-bond acceptors (Lipinski definition) is 6. The van der Waals surface area contributed by atoms with Crippen molar-refractivity contribution >= 4 is 17.9 Å². The minimum Gasteiger partial charge on any atom is -0.462 e. The van der Waals surface area contributed by atoms with Gasteiger partial charge in [0.05, 0.1) is 0 Å². The molecule has 0 aromatic carbocycles. The highest BCUT2D eigenvalue weighted by Gasteiger charge is 2.19. The average Bonchev–Trinajstić information content (AvgIpc) is 3.46. The van der Waals surface area contributed by atoms with Crippen molar-refractivity contribution in [2.45, 2.75) is 303 Å². The van der Waals surface area contributed by atoms with E-state index in [4.69, 9.17) is 14.2 Å². The number of ether oxygens (including phenoxy) is 3. The maximum absolute atomic E-state index is 12.9. The number of carbonyl (C=O) groups is 3. The van der Waals surface area contributed by atoms with Gasteiger partial charge in [0.25, 0.3) is 0 Å². The quantitative estimate of drug-likeness (QED) is 0.0261. The molecule has 80 heavy (non-hydrogen) atoms. The van der Waals surface area contributed by atoms with Crippen LogP contribution in [0.1, 0.15) is 297 Å². The SMILES string of the molecule is CC/C=C\C/C=C\C/C=C\C/C=C\C/C=C\C/C=C\CCCCCCCCCCCCCCCCC(=O)OCC(COC(=O)CCCCCCCC)OC(=O)CCCCCCCCC/C=C\C/C=C\C/C=C\C/C=C\C/C=C\CC. The van der Waals surface area contributed by atoms with E-state index in [1.165, 1.54) is 122 Å². The molecule has 0 heterocycles. The number of hydrogen-bond donors (Lipinski definition) is 0. The molecule has 0 aliphatic carbocycles. The molecule has 0 saturated heterocycles. The van der Waals surface area contributed by atoms with Gasteiger partial charge < -0.3 is 14.2 Å². The van der Waals surface area contributed by atoms with E-state index >= 15 is 0 Å². The van der Waals surface area contributed by atoms with Crippen molar-refractivity contribution in [2.24, 2.45) is 0 Å². The highest BCUT2D eigenvalue weighted by Crippen LogP contribution is 2.16. The van der Waals surface area contributed by atoms with Gasteiger partial charge >= 0.3 is 17.9 Å². The Morgan fingerprint density at radius 2 is 0.487 bits per heavy atom. The molecule has 0 rings (SSSR count). The third-order valence-corrected chi connectivity index (χ3v) is 13.9. The molecule has 0 aromatic rings. The van der Waals surface area contributed by atoms with E-state index in [1.807, 2.05) is 0 Å². The van der Waals surface area contributed by atoms with Crippen molar-refractivity contribution < 1.29 is 28.6 Å². The first-order chi connectivity index (χ1) is 39.5. The monoisotopic (exact) mass is 1110 g/mol. The van der Waals surface area contributed by atoms with Gasteiger partial charge in [0.2, 0.25) is 0 Å². The van der Waals surface area contributed by atoms with Crippen LogP contribution in [0.25, 0.3) is 0 Å². The normalized spacial score (nSPS) is 13.0. The lowest BCUT2D eigenvalue weighted by Crippen LogP contribution is -2.30. The standard InChI is InChI=1S/C74H122O6/c1-4-7-10-13-16-18-20-22-24-26-28-30-32-33-34-35-36-37-38-39-40-41-43-44-46-48-50-52-54-56-58-61-64-67-73(76)79-70-71(69-78-72(75)66-63-60-15-12-9-6-3)80-74(77)68-65-62-59-57-55-53-51-49-47-45-42-31-29-27-25-23-21-19-17-14-11-8-5-2/h7-8,10-11,16-19,22-25,28-31,33-34,36-37,45,47,71H,4-6,9,12-15,20-21,26-27,32,35,38-44,46,48-70H2,1-3H3/b10-7-,11-8-,18-16-,19-17-,24-22-,25-23-,30-28-,31-29-,34-33-,37-36-,47-45-. The van der Waals surface area contributed by atoms with Crippen LogP contribution in [0, 0.1) is 0 Å². The van der Waals surface area contributed by atoms with E-state index in [1.54, 1.807) is 0 Å². The van der Waals surface area contributed by atoms with Gasteiger partial charge in [-0.25, -0.2) is 0 Å². The minimum atomic E-state index is -0.785. The number of rotatable bonds is 59. The van der Waals surface area contributed by atoms with E-state index in [2.05, 4.69) is 154 Å². The van der Waals surface area contributed by atoms with Crippen molar-refractivity contribution in [3.8, 4) is 0 Å². The summed E-state index contributed by atoms with van der Waals surface area (Å²) >= 11 is 0. The zero-order valence-corrected chi connectivity index (χ0v) is 52.0. The fourth-order valence-electron chi connectivity index (χ4n) is 9.00. The number of allylic oxidation sites excluding steroid dienone is 22. The topological polar surface area (TPSA) is 78.9 Å². The van der Waals surface area contributed by atoms with Gasteiger partial charge in [0.15, 0.2) is 6.10 Å². The molecule has 0 saturated carbocycles. The first kappa shape index (κ1) is 75.5. The third kappa shape index (κ3) is 64.4. The van der Waals surface area contributed by atoms with E-state index < -0.39 is 6.10 Å². The summed E-state index contributed by atoms with van der Waals surface area (Å²) in [5.41, 5.74) is 0. The smallest absolute Gasteiger partial charge is 0.306 e. The molecule has 0 aliphatic heterocycles. The predicted molar refractivity (Wildman–Crippen MR) is 348 cm³/mol. The zero-order valence-electron chi connectivity index (χ0n) is 52.0. The van der Waals surface area contributed by atoms with Crippen LogP contribution in [0.3, 0.4) is 0 Å². The van der Waals surface area contributed by atoms with E-state index in [-0.39, 0.29) is 31.1 Å². The Labute approximate surface area is 494 Å². The van der Waals surface area contributed by atoms with Crippen molar-refractivity contribution in [1.82, 2.24) is 0 Å². The lowest BCUT2D eigenvalue weighted by molar-refractivity contribution is -0.167. The van der Waals surface area contributed by atoms with E-state index in [0.29, 0.717) is 19.3 Å². The van der Waals surface area contributed by atoms with Gasteiger partial charge in [-0.2, -0.15) is 0 Å². The molecule has 6 nitrogen and oxygen atoms in total. The number of carbonyl (C=O) groups excluding carboxylic acids is 3. The van der Waals surface area contributed by atoms with E-state index in [0.717, 1.165) is 135 Å².